The summed E-state index contributed by atoms with van der Waals surface area (Å²) in [4.78, 5) is 0. The maximum absolute atomic E-state index is 3.83. The molecule has 112 valence electrons. The Morgan fingerprint density at radius 3 is 2.55 bits per heavy atom. The van der Waals surface area contributed by atoms with E-state index in [-0.39, 0.29) is 0 Å². The summed E-state index contributed by atoms with van der Waals surface area (Å²) < 4.78 is 1.25. The molecule has 0 aromatic heterocycles. The summed E-state index contributed by atoms with van der Waals surface area (Å²) >= 11 is 3.71. The highest BCUT2D eigenvalue weighted by molar-refractivity contribution is 9.10. The van der Waals surface area contributed by atoms with E-state index in [1.807, 2.05) is 0 Å². The highest BCUT2D eigenvalue weighted by atomic mass is 79.9. The van der Waals surface area contributed by atoms with Crippen molar-refractivity contribution in [1.82, 2.24) is 5.32 Å². The summed E-state index contributed by atoms with van der Waals surface area (Å²) in [5.41, 5.74) is 1.90. The first-order chi connectivity index (χ1) is 9.65. The average molecular weight is 338 g/mol. The fraction of sp³-hybridized carbons (Fsp3) is 0.667. The van der Waals surface area contributed by atoms with Crippen LogP contribution in [0.4, 0.5) is 0 Å². The quantitative estimate of drug-likeness (QED) is 0.739. The van der Waals surface area contributed by atoms with Gasteiger partial charge in [-0.25, -0.2) is 0 Å². The van der Waals surface area contributed by atoms with Gasteiger partial charge >= 0.3 is 0 Å². The first-order valence-electron chi connectivity index (χ1n) is 8.12. The average Bonchev–Trinajstić information content (AvgIpc) is 2.46. The van der Waals surface area contributed by atoms with Crippen LogP contribution in [0.15, 0.2) is 28.7 Å². The Balaban J connectivity index is 2.12. The summed E-state index contributed by atoms with van der Waals surface area (Å²) in [5.74, 6) is 0. The van der Waals surface area contributed by atoms with Gasteiger partial charge in [-0.3, -0.25) is 0 Å². The van der Waals surface area contributed by atoms with Crippen molar-refractivity contribution in [2.75, 3.05) is 6.54 Å². The second kappa shape index (κ2) is 7.61. The molecule has 1 nitrogen and oxygen atoms in total. The molecule has 0 spiro atoms. The van der Waals surface area contributed by atoms with Gasteiger partial charge in [0.05, 0.1) is 0 Å². The summed E-state index contributed by atoms with van der Waals surface area (Å²) in [5, 5.41) is 3.83. The van der Waals surface area contributed by atoms with Crippen LogP contribution in [0.3, 0.4) is 0 Å². The predicted octanol–water partition coefficient (Wildman–Crippen LogP) is 5.33. The van der Waals surface area contributed by atoms with Crippen molar-refractivity contribution in [2.24, 2.45) is 5.41 Å². The van der Waals surface area contributed by atoms with Gasteiger partial charge in [-0.05, 0) is 49.3 Å². The maximum Gasteiger partial charge on any atom is 0.0207 e. The SMILES string of the molecule is CCCNC(Cc1ccccc1Br)C1(C)CCCCC1. The minimum atomic E-state index is 0.461. The first-order valence-corrected chi connectivity index (χ1v) is 8.92. The minimum Gasteiger partial charge on any atom is -0.313 e. The van der Waals surface area contributed by atoms with Gasteiger partial charge in [0.15, 0.2) is 0 Å². The zero-order valence-electron chi connectivity index (χ0n) is 12.9. The first kappa shape index (κ1) is 16.0. The van der Waals surface area contributed by atoms with Crippen LogP contribution in [-0.4, -0.2) is 12.6 Å². The van der Waals surface area contributed by atoms with E-state index < -0.39 is 0 Å². The van der Waals surface area contributed by atoms with Gasteiger partial charge in [-0.15, -0.1) is 0 Å². The Morgan fingerprint density at radius 2 is 1.90 bits per heavy atom. The molecule has 1 aliphatic rings. The molecule has 2 heteroatoms. The van der Waals surface area contributed by atoms with Crippen LogP contribution in [-0.2, 0) is 6.42 Å². The van der Waals surface area contributed by atoms with Crippen LogP contribution in [0.5, 0.6) is 0 Å². The Kier molecular flexibility index (Phi) is 6.10. The van der Waals surface area contributed by atoms with Crippen molar-refractivity contribution >= 4 is 15.9 Å². The van der Waals surface area contributed by atoms with Crippen molar-refractivity contribution < 1.29 is 0 Å². The Bertz CT molecular complexity index is 410. The molecule has 1 atom stereocenters. The van der Waals surface area contributed by atoms with Gasteiger partial charge in [0, 0.05) is 10.5 Å². The van der Waals surface area contributed by atoms with Gasteiger partial charge in [0.25, 0.3) is 0 Å². The van der Waals surface area contributed by atoms with Gasteiger partial charge in [-0.1, -0.05) is 67.2 Å². The molecule has 20 heavy (non-hydrogen) atoms. The maximum atomic E-state index is 3.83. The zero-order chi connectivity index (χ0) is 14.4. The number of hydrogen-bond donors (Lipinski definition) is 1. The largest absolute Gasteiger partial charge is 0.313 e. The number of hydrogen-bond acceptors (Lipinski definition) is 1. The molecule has 1 saturated carbocycles. The topological polar surface area (TPSA) is 12.0 Å². The van der Waals surface area contributed by atoms with E-state index in [1.54, 1.807) is 0 Å². The van der Waals surface area contributed by atoms with E-state index in [1.165, 1.54) is 48.6 Å². The normalized spacial score (nSPS) is 19.8. The molecule has 0 bridgehead atoms. The molecule has 0 radical (unpaired) electrons. The van der Waals surface area contributed by atoms with E-state index in [0.717, 1.165) is 13.0 Å². The molecule has 0 amide bonds. The number of rotatable bonds is 6. The van der Waals surface area contributed by atoms with Crippen LogP contribution >= 0.6 is 15.9 Å². The van der Waals surface area contributed by atoms with E-state index in [9.17, 15) is 0 Å². The molecule has 0 heterocycles. The molecule has 1 fully saturated rings. The van der Waals surface area contributed by atoms with Crippen molar-refractivity contribution in [1.29, 1.82) is 0 Å². The number of benzene rings is 1. The Labute approximate surface area is 132 Å². The fourth-order valence-electron chi connectivity index (χ4n) is 3.48. The van der Waals surface area contributed by atoms with Crippen molar-refractivity contribution in [3.05, 3.63) is 34.3 Å². The molecule has 0 aliphatic heterocycles. The molecular formula is C18H28BrN. The highest BCUT2D eigenvalue weighted by Gasteiger charge is 2.35. The van der Waals surface area contributed by atoms with Crippen LogP contribution in [0.1, 0.15) is 57.9 Å². The summed E-state index contributed by atoms with van der Waals surface area (Å²) in [6, 6.07) is 9.28. The van der Waals surface area contributed by atoms with Crippen LogP contribution in [0, 0.1) is 5.41 Å². The van der Waals surface area contributed by atoms with E-state index in [4.69, 9.17) is 0 Å². The standard InChI is InChI=1S/C18H28BrN/c1-3-13-20-17(18(2)11-7-4-8-12-18)14-15-9-5-6-10-16(15)19/h5-6,9-10,17,20H,3-4,7-8,11-14H2,1-2H3. The predicted molar refractivity (Wildman–Crippen MR) is 91.1 cm³/mol. The van der Waals surface area contributed by atoms with E-state index in [2.05, 4.69) is 59.4 Å². The lowest BCUT2D eigenvalue weighted by molar-refractivity contribution is 0.143. The second-order valence-electron chi connectivity index (χ2n) is 6.52. The van der Waals surface area contributed by atoms with Crippen LogP contribution in [0.2, 0.25) is 0 Å². The second-order valence-corrected chi connectivity index (χ2v) is 7.37. The third-order valence-electron chi connectivity index (χ3n) is 4.86. The van der Waals surface area contributed by atoms with Gasteiger partial charge in [-0.2, -0.15) is 0 Å². The van der Waals surface area contributed by atoms with Crippen LogP contribution < -0.4 is 5.32 Å². The molecule has 2 rings (SSSR count). The Hall–Kier alpha value is -0.340. The van der Waals surface area contributed by atoms with Crippen molar-refractivity contribution in [3.63, 3.8) is 0 Å². The molecular weight excluding hydrogens is 310 g/mol. The van der Waals surface area contributed by atoms with Crippen LogP contribution in [0.25, 0.3) is 0 Å². The van der Waals surface area contributed by atoms with Gasteiger partial charge in [0.2, 0.25) is 0 Å². The lowest BCUT2D eigenvalue weighted by Crippen LogP contribution is -2.46. The summed E-state index contributed by atoms with van der Waals surface area (Å²) in [6.07, 6.45) is 9.32. The van der Waals surface area contributed by atoms with Crippen molar-refractivity contribution in [2.45, 2.75) is 64.8 Å². The van der Waals surface area contributed by atoms with Gasteiger partial charge < -0.3 is 5.32 Å². The zero-order valence-corrected chi connectivity index (χ0v) is 14.5. The third-order valence-corrected chi connectivity index (χ3v) is 5.63. The molecule has 0 saturated heterocycles. The molecule has 1 aromatic rings. The van der Waals surface area contributed by atoms with E-state index >= 15 is 0 Å². The van der Waals surface area contributed by atoms with E-state index in [0.29, 0.717) is 11.5 Å². The van der Waals surface area contributed by atoms with Gasteiger partial charge in [0.1, 0.15) is 0 Å². The fourth-order valence-corrected chi connectivity index (χ4v) is 3.92. The molecule has 1 N–H and O–H groups in total. The van der Waals surface area contributed by atoms with Crippen molar-refractivity contribution in [3.8, 4) is 0 Å². The number of halogens is 1. The Morgan fingerprint density at radius 1 is 1.20 bits per heavy atom. The summed E-state index contributed by atoms with van der Waals surface area (Å²) in [7, 11) is 0. The molecule has 1 aromatic carbocycles. The summed E-state index contributed by atoms with van der Waals surface area (Å²) in [6.45, 7) is 5.88. The molecule has 1 unspecified atom stereocenters. The third kappa shape index (κ3) is 4.08. The highest BCUT2D eigenvalue weighted by Crippen LogP contribution is 2.40. The lowest BCUT2D eigenvalue weighted by atomic mass is 9.69. The lowest BCUT2D eigenvalue weighted by Gasteiger charge is -2.41. The molecule has 1 aliphatic carbocycles. The minimum absolute atomic E-state index is 0.461. The number of nitrogens with one attached hydrogen (secondary N) is 1. The smallest absolute Gasteiger partial charge is 0.0207 e. The monoisotopic (exact) mass is 337 g/mol.